The first-order chi connectivity index (χ1) is 11.8. The molecule has 3 rings (SSSR count). The van der Waals surface area contributed by atoms with Crippen molar-refractivity contribution in [2.75, 3.05) is 46.5 Å². The van der Waals surface area contributed by atoms with Gasteiger partial charge in [-0.05, 0) is 24.3 Å². The molecular formula is C17H22N4O3. The van der Waals surface area contributed by atoms with Gasteiger partial charge in [0.25, 0.3) is 5.91 Å². The van der Waals surface area contributed by atoms with E-state index in [4.69, 9.17) is 9.47 Å². The number of rotatable bonds is 6. The highest BCUT2D eigenvalue weighted by Crippen LogP contribution is 2.15. The lowest BCUT2D eigenvalue weighted by molar-refractivity contribution is 0.0383. The lowest BCUT2D eigenvalue weighted by Crippen LogP contribution is -2.41. The van der Waals surface area contributed by atoms with E-state index in [1.54, 1.807) is 19.6 Å². The molecule has 1 fully saturated rings. The molecule has 0 unspecified atom stereocenters. The topological polar surface area (TPSA) is 68.6 Å². The van der Waals surface area contributed by atoms with E-state index in [9.17, 15) is 4.79 Å². The summed E-state index contributed by atoms with van der Waals surface area (Å²) in [7, 11) is 1.63. The first-order valence-electron chi connectivity index (χ1n) is 8.03. The molecule has 0 atom stereocenters. The molecule has 0 saturated carbocycles. The number of carbonyl (C=O) groups excluding carboxylic acids is 1. The Bertz CT molecular complexity index is 663. The minimum Gasteiger partial charge on any atom is -0.497 e. The van der Waals surface area contributed by atoms with E-state index in [0.717, 1.165) is 44.3 Å². The van der Waals surface area contributed by atoms with Crippen molar-refractivity contribution in [3.8, 4) is 11.4 Å². The molecule has 1 saturated heterocycles. The fourth-order valence-corrected chi connectivity index (χ4v) is 2.58. The predicted molar refractivity (Wildman–Crippen MR) is 89.7 cm³/mol. The smallest absolute Gasteiger partial charge is 0.271 e. The molecule has 0 radical (unpaired) electrons. The zero-order valence-corrected chi connectivity index (χ0v) is 13.8. The minimum absolute atomic E-state index is 0.157. The number of hydrogen-bond donors (Lipinski definition) is 1. The minimum atomic E-state index is -0.157. The Kier molecular flexibility index (Phi) is 5.45. The number of nitrogens with zero attached hydrogens (tertiary/aromatic N) is 3. The fraction of sp³-hybridized carbons (Fsp3) is 0.412. The van der Waals surface area contributed by atoms with Crippen LogP contribution in [0.5, 0.6) is 5.75 Å². The molecule has 128 valence electrons. The number of aromatic nitrogens is 2. The zero-order chi connectivity index (χ0) is 16.8. The van der Waals surface area contributed by atoms with Gasteiger partial charge in [-0.1, -0.05) is 0 Å². The van der Waals surface area contributed by atoms with Gasteiger partial charge in [0.15, 0.2) is 0 Å². The molecule has 1 aliphatic rings. The van der Waals surface area contributed by atoms with E-state index in [1.807, 2.05) is 28.8 Å². The summed E-state index contributed by atoms with van der Waals surface area (Å²) in [5, 5.41) is 2.91. The van der Waals surface area contributed by atoms with Gasteiger partial charge in [0, 0.05) is 38.1 Å². The fourth-order valence-electron chi connectivity index (χ4n) is 2.58. The summed E-state index contributed by atoms with van der Waals surface area (Å²) in [5.74, 6) is 0.635. The first kappa shape index (κ1) is 16.5. The molecule has 1 amide bonds. The van der Waals surface area contributed by atoms with Gasteiger partial charge in [-0.15, -0.1) is 0 Å². The van der Waals surface area contributed by atoms with Crippen LogP contribution in [0.2, 0.25) is 0 Å². The molecular weight excluding hydrogens is 308 g/mol. The van der Waals surface area contributed by atoms with Crippen LogP contribution >= 0.6 is 0 Å². The van der Waals surface area contributed by atoms with Crippen LogP contribution in [0.15, 0.2) is 36.8 Å². The Morgan fingerprint density at radius 3 is 2.75 bits per heavy atom. The molecule has 1 aliphatic heterocycles. The maximum atomic E-state index is 12.2. The van der Waals surface area contributed by atoms with Crippen molar-refractivity contribution in [3.63, 3.8) is 0 Å². The lowest BCUT2D eigenvalue weighted by Gasteiger charge is -2.26. The number of benzene rings is 1. The van der Waals surface area contributed by atoms with Gasteiger partial charge in [0.2, 0.25) is 0 Å². The van der Waals surface area contributed by atoms with E-state index < -0.39 is 0 Å². The largest absolute Gasteiger partial charge is 0.497 e. The molecule has 24 heavy (non-hydrogen) atoms. The number of nitrogens with one attached hydrogen (secondary N) is 1. The normalized spacial score (nSPS) is 15.2. The Morgan fingerprint density at radius 2 is 2.04 bits per heavy atom. The zero-order valence-electron chi connectivity index (χ0n) is 13.8. The van der Waals surface area contributed by atoms with Crippen molar-refractivity contribution in [1.82, 2.24) is 19.8 Å². The summed E-state index contributed by atoms with van der Waals surface area (Å²) in [6.45, 7) is 4.80. The van der Waals surface area contributed by atoms with Crippen molar-refractivity contribution in [2.45, 2.75) is 0 Å². The van der Waals surface area contributed by atoms with Crippen molar-refractivity contribution < 1.29 is 14.3 Å². The summed E-state index contributed by atoms with van der Waals surface area (Å²) in [6.07, 6.45) is 3.37. The highest BCUT2D eigenvalue weighted by molar-refractivity contribution is 5.92. The molecule has 2 heterocycles. The second kappa shape index (κ2) is 7.94. The van der Waals surface area contributed by atoms with Crippen molar-refractivity contribution in [3.05, 3.63) is 42.5 Å². The molecule has 0 spiro atoms. The number of methoxy groups -OCH3 is 1. The number of imidazole rings is 1. The molecule has 1 N–H and O–H groups in total. The molecule has 7 nitrogen and oxygen atoms in total. The Labute approximate surface area is 141 Å². The predicted octanol–water partition coefficient (Wildman–Crippen LogP) is 0.943. The van der Waals surface area contributed by atoms with Crippen molar-refractivity contribution in [1.29, 1.82) is 0 Å². The molecule has 0 bridgehead atoms. The van der Waals surface area contributed by atoms with Gasteiger partial charge in [-0.2, -0.15) is 0 Å². The summed E-state index contributed by atoms with van der Waals surface area (Å²) in [4.78, 5) is 18.6. The number of carbonyl (C=O) groups is 1. The van der Waals surface area contributed by atoms with Crippen LogP contribution < -0.4 is 10.1 Å². The Hall–Kier alpha value is -2.38. The van der Waals surface area contributed by atoms with E-state index >= 15 is 0 Å². The Morgan fingerprint density at radius 1 is 1.29 bits per heavy atom. The lowest BCUT2D eigenvalue weighted by atomic mass is 10.3. The molecule has 0 aliphatic carbocycles. The van der Waals surface area contributed by atoms with Crippen LogP contribution in [0.25, 0.3) is 5.69 Å². The van der Waals surface area contributed by atoms with E-state index in [0.29, 0.717) is 12.2 Å². The van der Waals surface area contributed by atoms with Gasteiger partial charge in [0.1, 0.15) is 17.8 Å². The third kappa shape index (κ3) is 4.12. The van der Waals surface area contributed by atoms with Crippen LogP contribution in [0, 0.1) is 0 Å². The first-order valence-corrected chi connectivity index (χ1v) is 8.03. The highest BCUT2D eigenvalue weighted by atomic mass is 16.5. The third-order valence-electron chi connectivity index (χ3n) is 4.00. The molecule has 2 aromatic rings. The van der Waals surface area contributed by atoms with Crippen molar-refractivity contribution in [2.24, 2.45) is 0 Å². The van der Waals surface area contributed by atoms with E-state index in [-0.39, 0.29) is 5.91 Å². The monoisotopic (exact) mass is 330 g/mol. The maximum absolute atomic E-state index is 12.2. The second-order valence-corrected chi connectivity index (χ2v) is 5.57. The second-order valence-electron chi connectivity index (χ2n) is 5.57. The molecule has 7 heteroatoms. The van der Waals surface area contributed by atoms with Crippen LogP contribution in [0.3, 0.4) is 0 Å². The van der Waals surface area contributed by atoms with Gasteiger partial charge >= 0.3 is 0 Å². The van der Waals surface area contributed by atoms with Crippen LogP contribution in [0.1, 0.15) is 10.5 Å². The Balaban J connectivity index is 1.53. The number of amides is 1. The highest BCUT2D eigenvalue weighted by Gasteiger charge is 2.12. The van der Waals surface area contributed by atoms with Crippen molar-refractivity contribution >= 4 is 5.91 Å². The van der Waals surface area contributed by atoms with Crippen LogP contribution in [-0.2, 0) is 4.74 Å². The van der Waals surface area contributed by atoms with Gasteiger partial charge in [0.05, 0.1) is 20.3 Å². The van der Waals surface area contributed by atoms with E-state index in [2.05, 4.69) is 15.2 Å². The third-order valence-corrected chi connectivity index (χ3v) is 4.00. The number of ether oxygens (including phenoxy) is 2. The summed E-state index contributed by atoms with van der Waals surface area (Å²) >= 11 is 0. The summed E-state index contributed by atoms with van der Waals surface area (Å²) in [5.41, 5.74) is 1.34. The summed E-state index contributed by atoms with van der Waals surface area (Å²) < 4.78 is 12.3. The molecule has 1 aromatic carbocycles. The van der Waals surface area contributed by atoms with Gasteiger partial charge < -0.3 is 19.4 Å². The average molecular weight is 330 g/mol. The van der Waals surface area contributed by atoms with Crippen LogP contribution in [0.4, 0.5) is 0 Å². The average Bonchev–Trinajstić information content (AvgIpc) is 3.13. The summed E-state index contributed by atoms with van der Waals surface area (Å²) in [6, 6.07) is 7.58. The SMILES string of the molecule is COc1ccc(-n2cnc(C(=O)NCCN3CCOCC3)c2)cc1. The van der Waals surface area contributed by atoms with Crippen LogP contribution in [-0.4, -0.2) is 66.9 Å². The van der Waals surface area contributed by atoms with E-state index in [1.165, 1.54) is 0 Å². The standard InChI is InChI=1S/C17H22N4O3/c1-23-15-4-2-14(3-5-15)21-12-16(19-13-21)17(22)18-6-7-20-8-10-24-11-9-20/h2-5,12-13H,6-11H2,1H3,(H,18,22). The maximum Gasteiger partial charge on any atom is 0.271 e. The quantitative estimate of drug-likeness (QED) is 0.854. The van der Waals surface area contributed by atoms with Gasteiger partial charge in [-0.3, -0.25) is 9.69 Å². The number of morpholine rings is 1. The molecule has 1 aromatic heterocycles. The number of hydrogen-bond acceptors (Lipinski definition) is 5. The van der Waals surface area contributed by atoms with Gasteiger partial charge in [-0.25, -0.2) is 4.98 Å².